The predicted molar refractivity (Wildman–Crippen MR) is 62.4 cm³/mol. The molecule has 1 saturated heterocycles. The van der Waals surface area contributed by atoms with Gasteiger partial charge < -0.3 is 4.90 Å². The number of nitrogens with one attached hydrogen (secondary N) is 1. The Labute approximate surface area is 93.2 Å². The molecule has 1 rings (SSSR count). The number of rotatable bonds is 4. The third kappa shape index (κ3) is 2.51. The second-order valence-corrected chi connectivity index (χ2v) is 4.91. The summed E-state index contributed by atoms with van der Waals surface area (Å²) in [5.41, 5.74) is 0. The minimum absolute atomic E-state index is 0.0474. The van der Waals surface area contributed by atoms with Gasteiger partial charge in [0.2, 0.25) is 5.91 Å². The lowest BCUT2D eigenvalue weighted by atomic mass is 10.0. The van der Waals surface area contributed by atoms with E-state index in [2.05, 4.69) is 39.9 Å². The number of hydrogen-bond acceptors (Lipinski definition) is 2. The largest absolute Gasteiger partial charge is 0.323 e. The fraction of sp³-hybridized carbons (Fsp3) is 0.917. The van der Waals surface area contributed by atoms with Crippen molar-refractivity contribution in [3.63, 3.8) is 0 Å². The first-order valence-corrected chi connectivity index (χ1v) is 6.07. The molecule has 0 bridgehead atoms. The minimum Gasteiger partial charge on any atom is -0.323 e. The van der Waals surface area contributed by atoms with E-state index in [9.17, 15) is 4.79 Å². The highest BCUT2D eigenvalue weighted by atomic mass is 16.2. The van der Waals surface area contributed by atoms with Gasteiger partial charge in [0.15, 0.2) is 0 Å². The van der Waals surface area contributed by atoms with Crippen molar-refractivity contribution < 1.29 is 4.79 Å². The average Bonchev–Trinajstić information content (AvgIpc) is 2.42. The lowest BCUT2D eigenvalue weighted by molar-refractivity contribution is -0.132. The predicted octanol–water partition coefficient (Wildman–Crippen LogP) is 1.98. The maximum Gasteiger partial charge on any atom is 0.241 e. The third-order valence-electron chi connectivity index (χ3n) is 3.39. The monoisotopic (exact) mass is 212 g/mol. The van der Waals surface area contributed by atoms with Crippen molar-refractivity contribution in [2.75, 3.05) is 0 Å². The number of nitrogens with zero attached hydrogens (tertiary/aromatic N) is 1. The van der Waals surface area contributed by atoms with Crippen LogP contribution in [0.5, 0.6) is 0 Å². The third-order valence-corrected chi connectivity index (χ3v) is 3.39. The fourth-order valence-electron chi connectivity index (χ4n) is 2.18. The molecule has 0 spiro atoms. The molecule has 3 heteroatoms. The maximum absolute atomic E-state index is 12.1. The molecule has 1 amide bonds. The quantitative estimate of drug-likeness (QED) is 0.773. The summed E-state index contributed by atoms with van der Waals surface area (Å²) in [5, 5.41) is 3.37. The van der Waals surface area contributed by atoms with E-state index in [-0.39, 0.29) is 18.1 Å². The van der Waals surface area contributed by atoms with Crippen LogP contribution in [-0.4, -0.2) is 29.1 Å². The van der Waals surface area contributed by atoms with Crippen LogP contribution in [0.15, 0.2) is 0 Å². The van der Waals surface area contributed by atoms with Gasteiger partial charge in [0, 0.05) is 6.04 Å². The SMILES string of the molecule is CCCC1NC(C)N(C(C)C(C)C)C1=O. The highest BCUT2D eigenvalue weighted by Gasteiger charge is 2.38. The standard InChI is InChI=1S/C12H24N2O/c1-6-7-11-12(15)14(10(5)13-11)9(4)8(2)3/h8-11,13H,6-7H2,1-5H3. The summed E-state index contributed by atoms with van der Waals surface area (Å²) in [6.07, 6.45) is 2.19. The van der Waals surface area contributed by atoms with Crippen LogP contribution < -0.4 is 5.32 Å². The van der Waals surface area contributed by atoms with E-state index >= 15 is 0 Å². The summed E-state index contributed by atoms with van der Waals surface area (Å²) in [6, 6.07) is 0.369. The first-order valence-electron chi connectivity index (χ1n) is 6.07. The molecule has 1 aliphatic heterocycles. The van der Waals surface area contributed by atoms with Gasteiger partial charge in [-0.3, -0.25) is 10.1 Å². The van der Waals surface area contributed by atoms with Crippen molar-refractivity contribution in [1.82, 2.24) is 10.2 Å². The van der Waals surface area contributed by atoms with Crippen LogP contribution in [-0.2, 0) is 4.79 Å². The molecular formula is C12H24N2O. The Balaban J connectivity index is 2.70. The Morgan fingerprint density at radius 3 is 2.47 bits per heavy atom. The molecule has 3 nitrogen and oxygen atoms in total. The van der Waals surface area contributed by atoms with Gasteiger partial charge in [0.05, 0.1) is 12.2 Å². The van der Waals surface area contributed by atoms with Crippen molar-refractivity contribution in [2.24, 2.45) is 5.92 Å². The number of hydrogen-bond donors (Lipinski definition) is 1. The number of carbonyl (C=O) groups is 1. The Hall–Kier alpha value is -0.570. The first-order chi connectivity index (χ1) is 6.99. The smallest absolute Gasteiger partial charge is 0.241 e. The highest BCUT2D eigenvalue weighted by Crippen LogP contribution is 2.21. The summed E-state index contributed by atoms with van der Waals surface area (Å²) in [7, 11) is 0. The van der Waals surface area contributed by atoms with E-state index in [1.165, 1.54) is 0 Å². The minimum atomic E-state index is 0.0474. The Morgan fingerprint density at radius 2 is 2.00 bits per heavy atom. The van der Waals surface area contributed by atoms with Crippen LogP contribution in [0.25, 0.3) is 0 Å². The van der Waals surface area contributed by atoms with E-state index in [4.69, 9.17) is 0 Å². The van der Waals surface area contributed by atoms with Gasteiger partial charge in [-0.15, -0.1) is 0 Å². The summed E-state index contributed by atoms with van der Waals surface area (Å²) in [6.45, 7) is 10.7. The Morgan fingerprint density at radius 1 is 1.40 bits per heavy atom. The molecule has 15 heavy (non-hydrogen) atoms. The van der Waals surface area contributed by atoms with Gasteiger partial charge in [-0.05, 0) is 26.2 Å². The lowest BCUT2D eigenvalue weighted by Gasteiger charge is -2.31. The van der Waals surface area contributed by atoms with Crippen molar-refractivity contribution >= 4 is 5.91 Å². The van der Waals surface area contributed by atoms with Crippen LogP contribution in [0.3, 0.4) is 0 Å². The molecule has 0 saturated carbocycles. The molecular weight excluding hydrogens is 188 g/mol. The first kappa shape index (κ1) is 12.5. The summed E-state index contributed by atoms with van der Waals surface area (Å²) in [4.78, 5) is 14.1. The molecule has 0 aliphatic carbocycles. The average molecular weight is 212 g/mol. The van der Waals surface area contributed by atoms with Gasteiger partial charge in [-0.1, -0.05) is 27.2 Å². The second kappa shape index (κ2) is 4.97. The van der Waals surface area contributed by atoms with Crippen LogP contribution in [0.4, 0.5) is 0 Å². The van der Waals surface area contributed by atoms with E-state index < -0.39 is 0 Å². The molecule has 0 aromatic carbocycles. The second-order valence-electron chi connectivity index (χ2n) is 4.91. The van der Waals surface area contributed by atoms with Crippen molar-refractivity contribution in [1.29, 1.82) is 0 Å². The number of carbonyl (C=O) groups excluding carboxylic acids is 1. The van der Waals surface area contributed by atoms with Gasteiger partial charge in [0.25, 0.3) is 0 Å². The molecule has 3 atom stereocenters. The molecule has 0 radical (unpaired) electrons. The normalized spacial score (nSPS) is 28.9. The lowest BCUT2D eigenvalue weighted by Crippen LogP contribution is -2.44. The topological polar surface area (TPSA) is 32.3 Å². The molecule has 88 valence electrons. The van der Waals surface area contributed by atoms with E-state index in [0.717, 1.165) is 12.8 Å². The molecule has 3 unspecified atom stereocenters. The van der Waals surface area contributed by atoms with Crippen LogP contribution >= 0.6 is 0 Å². The van der Waals surface area contributed by atoms with Crippen molar-refractivity contribution in [3.05, 3.63) is 0 Å². The van der Waals surface area contributed by atoms with Crippen LogP contribution in [0, 0.1) is 5.92 Å². The molecule has 0 aromatic rings. The summed E-state index contributed by atoms with van der Waals surface area (Å²) in [5.74, 6) is 0.795. The molecule has 1 fully saturated rings. The van der Waals surface area contributed by atoms with E-state index in [1.54, 1.807) is 0 Å². The van der Waals surface area contributed by atoms with Gasteiger partial charge >= 0.3 is 0 Å². The van der Waals surface area contributed by atoms with Gasteiger partial charge in [-0.25, -0.2) is 0 Å². The van der Waals surface area contributed by atoms with Crippen molar-refractivity contribution in [2.45, 2.75) is 65.7 Å². The molecule has 1 heterocycles. The van der Waals surface area contributed by atoms with Gasteiger partial charge in [0.1, 0.15) is 0 Å². The highest BCUT2D eigenvalue weighted by molar-refractivity contribution is 5.84. The Kier molecular flexibility index (Phi) is 4.14. The zero-order valence-corrected chi connectivity index (χ0v) is 10.6. The Bertz CT molecular complexity index is 228. The fourth-order valence-corrected chi connectivity index (χ4v) is 2.18. The van der Waals surface area contributed by atoms with Gasteiger partial charge in [-0.2, -0.15) is 0 Å². The van der Waals surface area contributed by atoms with Crippen LogP contribution in [0.2, 0.25) is 0 Å². The summed E-state index contributed by atoms with van der Waals surface area (Å²) >= 11 is 0. The van der Waals surface area contributed by atoms with Crippen LogP contribution in [0.1, 0.15) is 47.5 Å². The van der Waals surface area contributed by atoms with E-state index in [1.807, 2.05) is 4.90 Å². The zero-order valence-electron chi connectivity index (χ0n) is 10.6. The molecule has 1 aliphatic rings. The summed E-state index contributed by atoms with van der Waals surface area (Å²) < 4.78 is 0. The molecule has 1 N–H and O–H groups in total. The molecule has 0 aromatic heterocycles. The zero-order chi connectivity index (χ0) is 11.6. The van der Waals surface area contributed by atoms with Crippen molar-refractivity contribution in [3.8, 4) is 0 Å². The maximum atomic E-state index is 12.1. The number of amides is 1. The van der Waals surface area contributed by atoms with E-state index in [0.29, 0.717) is 12.0 Å².